The molecule has 0 amide bonds. The zero-order valence-corrected chi connectivity index (χ0v) is 7.59. The SMILES string of the molecule is C=C1/C(=C\C(=O)OC)CCC1C. The van der Waals surface area contributed by atoms with E-state index < -0.39 is 0 Å². The van der Waals surface area contributed by atoms with Crippen LogP contribution in [0, 0.1) is 5.92 Å². The monoisotopic (exact) mass is 166 g/mol. The molecule has 0 heterocycles. The molecule has 1 fully saturated rings. The fraction of sp³-hybridized carbons (Fsp3) is 0.500. The van der Waals surface area contributed by atoms with Gasteiger partial charge in [0.25, 0.3) is 0 Å². The summed E-state index contributed by atoms with van der Waals surface area (Å²) < 4.78 is 4.54. The van der Waals surface area contributed by atoms with Gasteiger partial charge in [0.15, 0.2) is 0 Å². The van der Waals surface area contributed by atoms with E-state index in [-0.39, 0.29) is 5.97 Å². The Balaban J connectivity index is 2.71. The van der Waals surface area contributed by atoms with Crippen LogP contribution < -0.4 is 0 Å². The van der Waals surface area contributed by atoms with Gasteiger partial charge in [-0.3, -0.25) is 0 Å². The van der Waals surface area contributed by atoms with Crippen LogP contribution in [0.3, 0.4) is 0 Å². The molecule has 2 heteroatoms. The summed E-state index contributed by atoms with van der Waals surface area (Å²) in [5.74, 6) is 0.237. The summed E-state index contributed by atoms with van der Waals surface area (Å²) in [4.78, 5) is 10.9. The molecule has 0 radical (unpaired) electrons. The van der Waals surface area contributed by atoms with Crippen molar-refractivity contribution in [3.05, 3.63) is 23.8 Å². The molecule has 0 aromatic carbocycles. The van der Waals surface area contributed by atoms with Crippen molar-refractivity contribution in [3.63, 3.8) is 0 Å². The van der Waals surface area contributed by atoms with Gasteiger partial charge in [0.1, 0.15) is 0 Å². The maximum absolute atomic E-state index is 10.9. The molecule has 0 aromatic rings. The third kappa shape index (κ3) is 1.76. The van der Waals surface area contributed by atoms with E-state index in [0.717, 1.165) is 24.0 Å². The first-order valence-electron chi connectivity index (χ1n) is 4.13. The van der Waals surface area contributed by atoms with Crippen molar-refractivity contribution in [2.24, 2.45) is 5.92 Å². The largest absolute Gasteiger partial charge is 0.466 e. The lowest BCUT2D eigenvalue weighted by Gasteiger charge is -2.01. The molecule has 66 valence electrons. The van der Waals surface area contributed by atoms with Crippen LogP contribution in [0.1, 0.15) is 19.8 Å². The van der Waals surface area contributed by atoms with Gasteiger partial charge in [0, 0.05) is 6.08 Å². The van der Waals surface area contributed by atoms with E-state index in [1.54, 1.807) is 6.08 Å². The number of hydrogen-bond donors (Lipinski definition) is 0. The Bertz CT molecular complexity index is 238. The van der Waals surface area contributed by atoms with Crippen molar-refractivity contribution in [1.82, 2.24) is 0 Å². The van der Waals surface area contributed by atoms with Gasteiger partial charge in [-0.1, -0.05) is 13.5 Å². The highest BCUT2D eigenvalue weighted by Crippen LogP contribution is 2.33. The molecule has 1 saturated carbocycles. The Morgan fingerprint density at radius 1 is 1.75 bits per heavy atom. The molecule has 1 rings (SSSR count). The van der Waals surface area contributed by atoms with E-state index in [1.807, 2.05) is 0 Å². The van der Waals surface area contributed by atoms with Crippen molar-refractivity contribution in [3.8, 4) is 0 Å². The minimum Gasteiger partial charge on any atom is -0.466 e. The van der Waals surface area contributed by atoms with E-state index in [9.17, 15) is 4.79 Å². The summed E-state index contributed by atoms with van der Waals surface area (Å²) in [5, 5.41) is 0. The Morgan fingerprint density at radius 3 is 2.83 bits per heavy atom. The van der Waals surface area contributed by atoms with Crippen molar-refractivity contribution >= 4 is 5.97 Å². The van der Waals surface area contributed by atoms with E-state index in [1.165, 1.54) is 7.11 Å². The summed E-state index contributed by atoms with van der Waals surface area (Å²) >= 11 is 0. The third-order valence-electron chi connectivity index (χ3n) is 2.35. The van der Waals surface area contributed by atoms with Crippen molar-refractivity contribution < 1.29 is 9.53 Å². The molecule has 0 aliphatic heterocycles. The molecule has 0 bridgehead atoms. The summed E-state index contributed by atoms with van der Waals surface area (Å²) in [6, 6.07) is 0. The predicted molar refractivity (Wildman–Crippen MR) is 47.6 cm³/mol. The van der Waals surface area contributed by atoms with Crippen LogP contribution in [0.25, 0.3) is 0 Å². The fourth-order valence-electron chi connectivity index (χ4n) is 1.39. The molecule has 1 unspecified atom stereocenters. The fourth-order valence-corrected chi connectivity index (χ4v) is 1.39. The van der Waals surface area contributed by atoms with Crippen LogP contribution in [-0.4, -0.2) is 13.1 Å². The topological polar surface area (TPSA) is 26.3 Å². The van der Waals surface area contributed by atoms with Gasteiger partial charge in [-0.05, 0) is 29.9 Å². The standard InChI is InChI=1S/C10H14O2/c1-7-4-5-9(8(7)2)6-10(11)12-3/h6-7H,2,4-5H2,1,3H3/b9-6-. The summed E-state index contributed by atoms with van der Waals surface area (Å²) in [6.07, 6.45) is 3.60. The normalized spacial score (nSPS) is 26.3. The van der Waals surface area contributed by atoms with Gasteiger partial charge in [-0.15, -0.1) is 0 Å². The number of esters is 1. The minimum absolute atomic E-state index is 0.278. The predicted octanol–water partition coefficient (Wildman–Crippen LogP) is 2.07. The second-order valence-electron chi connectivity index (χ2n) is 3.16. The highest BCUT2D eigenvalue weighted by atomic mass is 16.5. The van der Waals surface area contributed by atoms with Crippen LogP contribution in [0.15, 0.2) is 23.8 Å². The van der Waals surface area contributed by atoms with E-state index in [2.05, 4.69) is 18.2 Å². The van der Waals surface area contributed by atoms with E-state index in [4.69, 9.17) is 0 Å². The molecule has 0 spiro atoms. The quantitative estimate of drug-likeness (QED) is 0.440. The Morgan fingerprint density at radius 2 is 2.42 bits per heavy atom. The third-order valence-corrected chi connectivity index (χ3v) is 2.35. The van der Waals surface area contributed by atoms with Crippen molar-refractivity contribution in [2.45, 2.75) is 19.8 Å². The lowest BCUT2D eigenvalue weighted by atomic mass is 10.1. The van der Waals surface area contributed by atoms with Gasteiger partial charge in [0.2, 0.25) is 0 Å². The molecule has 12 heavy (non-hydrogen) atoms. The summed E-state index contributed by atoms with van der Waals surface area (Å²) in [6.45, 7) is 6.05. The minimum atomic E-state index is -0.278. The van der Waals surface area contributed by atoms with Crippen LogP contribution in [0.4, 0.5) is 0 Å². The summed E-state index contributed by atoms with van der Waals surface area (Å²) in [7, 11) is 1.39. The van der Waals surface area contributed by atoms with Crippen LogP contribution >= 0.6 is 0 Å². The van der Waals surface area contributed by atoms with Crippen LogP contribution in [-0.2, 0) is 9.53 Å². The van der Waals surface area contributed by atoms with Gasteiger partial charge >= 0.3 is 5.97 Å². The molecule has 1 aliphatic rings. The highest BCUT2D eigenvalue weighted by molar-refractivity contribution is 5.83. The maximum atomic E-state index is 10.9. The van der Waals surface area contributed by atoms with Gasteiger partial charge in [-0.2, -0.15) is 0 Å². The number of ether oxygens (including phenoxy) is 1. The van der Waals surface area contributed by atoms with Crippen LogP contribution in [0.5, 0.6) is 0 Å². The molecular formula is C10H14O2. The molecule has 0 saturated heterocycles. The molecule has 1 aliphatic carbocycles. The lowest BCUT2D eigenvalue weighted by molar-refractivity contribution is -0.134. The maximum Gasteiger partial charge on any atom is 0.330 e. The van der Waals surface area contributed by atoms with Crippen molar-refractivity contribution in [2.75, 3.05) is 7.11 Å². The number of rotatable bonds is 1. The molecule has 0 N–H and O–H groups in total. The second-order valence-corrected chi connectivity index (χ2v) is 3.16. The first-order chi connectivity index (χ1) is 5.65. The summed E-state index contributed by atoms with van der Waals surface area (Å²) in [5.41, 5.74) is 2.13. The van der Waals surface area contributed by atoms with Gasteiger partial charge < -0.3 is 4.74 Å². The number of hydrogen-bond acceptors (Lipinski definition) is 2. The second kappa shape index (κ2) is 3.57. The average Bonchev–Trinajstić information content (AvgIpc) is 2.36. The Hall–Kier alpha value is -1.05. The van der Waals surface area contributed by atoms with Crippen molar-refractivity contribution in [1.29, 1.82) is 0 Å². The average molecular weight is 166 g/mol. The Kier molecular flexibility index (Phi) is 2.69. The van der Waals surface area contributed by atoms with E-state index in [0.29, 0.717) is 5.92 Å². The first kappa shape index (κ1) is 9.04. The Labute approximate surface area is 72.9 Å². The number of allylic oxidation sites excluding steroid dienone is 2. The van der Waals surface area contributed by atoms with Gasteiger partial charge in [0.05, 0.1) is 7.11 Å². The van der Waals surface area contributed by atoms with Crippen LogP contribution in [0.2, 0.25) is 0 Å². The molecule has 2 nitrogen and oxygen atoms in total. The zero-order chi connectivity index (χ0) is 9.14. The zero-order valence-electron chi connectivity index (χ0n) is 7.59. The highest BCUT2D eigenvalue weighted by Gasteiger charge is 2.20. The first-order valence-corrected chi connectivity index (χ1v) is 4.13. The van der Waals surface area contributed by atoms with E-state index >= 15 is 0 Å². The smallest absolute Gasteiger partial charge is 0.330 e. The van der Waals surface area contributed by atoms with Gasteiger partial charge in [-0.25, -0.2) is 4.79 Å². The number of methoxy groups -OCH3 is 1. The number of carbonyl (C=O) groups excluding carboxylic acids is 1. The molecular weight excluding hydrogens is 152 g/mol. The lowest BCUT2D eigenvalue weighted by Crippen LogP contribution is -1.97. The molecule has 1 atom stereocenters. The number of carbonyl (C=O) groups is 1. The molecule has 0 aromatic heterocycles.